The summed E-state index contributed by atoms with van der Waals surface area (Å²) in [6.45, 7) is 4.05. The first kappa shape index (κ1) is 22.8. The van der Waals surface area contributed by atoms with E-state index >= 15 is 0 Å². The molecule has 0 radical (unpaired) electrons. The third-order valence-corrected chi connectivity index (χ3v) is 7.00. The molecule has 1 aromatic carbocycles. The summed E-state index contributed by atoms with van der Waals surface area (Å²) in [6.07, 6.45) is 2.63. The van der Waals surface area contributed by atoms with Crippen molar-refractivity contribution in [1.29, 1.82) is 0 Å². The zero-order chi connectivity index (χ0) is 22.6. The van der Waals surface area contributed by atoms with Crippen molar-refractivity contribution >= 4 is 27.5 Å². The largest absolute Gasteiger partial charge is 0.495 e. The summed E-state index contributed by atoms with van der Waals surface area (Å²) in [4.78, 5) is 24.5. The number of sulfonamides is 1. The Morgan fingerprint density at radius 1 is 1.13 bits per heavy atom. The number of furan rings is 1. The topological polar surface area (TPSA) is 118 Å². The number of nitrogens with zero attached hydrogens (tertiary/aromatic N) is 1. The van der Waals surface area contributed by atoms with E-state index in [-0.39, 0.29) is 17.2 Å². The van der Waals surface area contributed by atoms with Crippen LogP contribution in [0.5, 0.6) is 5.75 Å². The van der Waals surface area contributed by atoms with Crippen LogP contribution in [-0.4, -0.2) is 51.3 Å². The number of piperidine rings is 1. The summed E-state index contributed by atoms with van der Waals surface area (Å²) in [6, 6.07) is 6.04. The van der Waals surface area contributed by atoms with E-state index < -0.39 is 21.8 Å². The molecule has 1 aliphatic rings. The summed E-state index contributed by atoms with van der Waals surface area (Å²) < 4.78 is 38.2. The molecular formula is C21H27N3O6S. The second-order valence-corrected chi connectivity index (χ2v) is 9.29. The monoisotopic (exact) mass is 449 g/mol. The van der Waals surface area contributed by atoms with Gasteiger partial charge >= 0.3 is 0 Å². The average Bonchev–Trinajstić information content (AvgIpc) is 3.10. The molecule has 0 aliphatic carbocycles. The van der Waals surface area contributed by atoms with Gasteiger partial charge in [0.05, 0.1) is 19.2 Å². The highest BCUT2D eigenvalue weighted by Gasteiger charge is 2.29. The Kier molecular flexibility index (Phi) is 7.01. The molecule has 2 aromatic rings. The van der Waals surface area contributed by atoms with E-state index in [2.05, 4.69) is 10.6 Å². The molecule has 1 aromatic heterocycles. The lowest BCUT2D eigenvalue weighted by atomic mass is 10.2. The molecule has 2 heterocycles. The van der Waals surface area contributed by atoms with Gasteiger partial charge in [-0.25, -0.2) is 8.42 Å². The number of amides is 2. The molecule has 0 saturated carbocycles. The Labute approximate surface area is 181 Å². The van der Waals surface area contributed by atoms with Gasteiger partial charge in [-0.3, -0.25) is 9.59 Å². The number of ether oxygens (including phenoxy) is 1. The zero-order valence-electron chi connectivity index (χ0n) is 17.9. The molecule has 1 saturated heterocycles. The number of benzene rings is 1. The number of anilines is 1. The van der Waals surface area contributed by atoms with Crippen molar-refractivity contribution < 1.29 is 27.2 Å². The number of carbonyl (C=O) groups excluding carboxylic acids is 2. The van der Waals surface area contributed by atoms with Gasteiger partial charge in [-0.1, -0.05) is 6.42 Å². The van der Waals surface area contributed by atoms with Crippen molar-refractivity contribution in [3.8, 4) is 5.75 Å². The lowest BCUT2D eigenvalue weighted by Crippen LogP contribution is -2.36. The first-order chi connectivity index (χ1) is 14.7. The Hall–Kier alpha value is -2.85. The maximum atomic E-state index is 13.1. The molecule has 10 heteroatoms. The third kappa shape index (κ3) is 5.26. The molecule has 2 N–H and O–H groups in total. The van der Waals surface area contributed by atoms with Gasteiger partial charge < -0.3 is 19.8 Å². The molecule has 3 rings (SSSR count). The lowest BCUT2D eigenvalue weighted by molar-refractivity contribution is -0.115. The minimum Gasteiger partial charge on any atom is -0.495 e. The van der Waals surface area contributed by atoms with Crippen LogP contribution < -0.4 is 15.4 Å². The predicted octanol–water partition coefficient (Wildman–Crippen LogP) is 2.45. The predicted molar refractivity (Wildman–Crippen MR) is 115 cm³/mol. The maximum absolute atomic E-state index is 13.1. The van der Waals surface area contributed by atoms with E-state index in [1.54, 1.807) is 26.0 Å². The summed E-state index contributed by atoms with van der Waals surface area (Å²) >= 11 is 0. The van der Waals surface area contributed by atoms with Gasteiger partial charge in [0.15, 0.2) is 0 Å². The van der Waals surface area contributed by atoms with Crippen LogP contribution in [0.15, 0.2) is 33.6 Å². The summed E-state index contributed by atoms with van der Waals surface area (Å²) in [5.41, 5.74) is 0.663. The SMILES string of the molecule is COc1ccc(NC(=O)CNC(=O)c2cc(C)oc2C)cc1S(=O)(=O)N1CCCCC1. The first-order valence-corrected chi connectivity index (χ1v) is 11.5. The van der Waals surface area contributed by atoms with Crippen LogP contribution in [0.3, 0.4) is 0 Å². The average molecular weight is 450 g/mol. The molecular weight excluding hydrogens is 422 g/mol. The van der Waals surface area contributed by atoms with Crippen molar-refractivity contribution in [3.05, 3.63) is 41.3 Å². The van der Waals surface area contributed by atoms with E-state index in [1.807, 2.05) is 0 Å². The number of nitrogens with one attached hydrogen (secondary N) is 2. The minimum absolute atomic E-state index is 0.00299. The summed E-state index contributed by atoms with van der Waals surface area (Å²) in [5.74, 6) is 0.374. The highest BCUT2D eigenvalue weighted by molar-refractivity contribution is 7.89. The lowest BCUT2D eigenvalue weighted by Gasteiger charge is -2.26. The van der Waals surface area contributed by atoms with Crippen LogP contribution in [-0.2, 0) is 14.8 Å². The summed E-state index contributed by atoms with van der Waals surface area (Å²) in [7, 11) is -2.35. The van der Waals surface area contributed by atoms with Crippen molar-refractivity contribution in [2.45, 2.75) is 38.0 Å². The standard InChI is InChI=1S/C21H27N3O6S/c1-14-11-17(15(2)30-14)21(26)22-13-20(25)23-16-7-8-18(29-3)19(12-16)31(27,28)24-9-5-4-6-10-24/h7-8,11-12H,4-6,9-10,13H2,1-3H3,(H,22,26)(H,23,25). The van der Waals surface area contributed by atoms with Gasteiger partial charge in [0.25, 0.3) is 5.91 Å². The Morgan fingerprint density at radius 2 is 1.84 bits per heavy atom. The minimum atomic E-state index is -3.75. The van der Waals surface area contributed by atoms with E-state index in [0.717, 1.165) is 19.3 Å². The number of methoxy groups -OCH3 is 1. The molecule has 0 atom stereocenters. The van der Waals surface area contributed by atoms with Crippen molar-refractivity contribution in [3.63, 3.8) is 0 Å². The van der Waals surface area contributed by atoms with Gasteiger partial charge in [0.2, 0.25) is 15.9 Å². The zero-order valence-corrected chi connectivity index (χ0v) is 18.7. The van der Waals surface area contributed by atoms with Gasteiger partial charge in [-0.05, 0) is 51.0 Å². The van der Waals surface area contributed by atoms with E-state index in [1.165, 1.54) is 23.5 Å². The molecule has 0 bridgehead atoms. The van der Waals surface area contributed by atoms with Gasteiger partial charge in [0, 0.05) is 18.8 Å². The molecule has 0 spiro atoms. The quantitative estimate of drug-likeness (QED) is 0.670. The van der Waals surface area contributed by atoms with E-state index in [0.29, 0.717) is 35.9 Å². The molecule has 168 valence electrons. The smallest absolute Gasteiger partial charge is 0.255 e. The van der Waals surface area contributed by atoms with Gasteiger partial charge in [-0.2, -0.15) is 4.31 Å². The van der Waals surface area contributed by atoms with Crippen molar-refractivity contribution in [1.82, 2.24) is 9.62 Å². The Balaban J connectivity index is 1.70. The number of hydrogen-bond donors (Lipinski definition) is 2. The van der Waals surface area contributed by atoms with Crippen LogP contribution >= 0.6 is 0 Å². The highest BCUT2D eigenvalue weighted by atomic mass is 32.2. The number of rotatable bonds is 7. The maximum Gasteiger partial charge on any atom is 0.255 e. The fraction of sp³-hybridized carbons (Fsp3) is 0.429. The van der Waals surface area contributed by atoms with Gasteiger partial charge in [-0.15, -0.1) is 0 Å². The normalized spacial score (nSPS) is 14.8. The number of aryl methyl sites for hydroxylation is 2. The van der Waals surface area contributed by atoms with E-state index in [4.69, 9.17) is 9.15 Å². The molecule has 2 amide bonds. The highest BCUT2D eigenvalue weighted by Crippen LogP contribution is 2.31. The number of carbonyl (C=O) groups is 2. The third-order valence-electron chi connectivity index (χ3n) is 5.08. The molecule has 31 heavy (non-hydrogen) atoms. The van der Waals surface area contributed by atoms with E-state index in [9.17, 15) is 18.0 Å². The molecule has 1 aliphatic heterocycles. The summed E-state index contributed by atoms with van der Waals surface area (Å²) in [5, 5.41) is 5.15. The fourth-order valence-corrected chi connectivity index (χ4v) is 5.22. The number of hydrogen-bond acceptors (Lipinski definition) is 6. The molecule has 1 fully saturated rings. The first-order valence-electron chi connectivity index (χ1n) is 10.1. The van der Waals surface area contributed by atoms with Crippen LogP contribution in [0.25, 0.3) is 0 Å². The van der Waals surface area contributed by atoms with Crippen LogP contribution in [0.2, 0.25) is 0 Å². The Morgan fingerprint density at radius 3 is 2.45 bits per heavy atom. The van der Waals surface area contributed by atoms with Crippen LogP contribution in [0.1, 0.15) is 41.1 Å². The van der Waals surface area contributed by atoms with Crippen molar-refractivity contribution in [2.24, 2.45) is 0 Å². The van der Waals surface area contributed by atoms with Crippen LogP contribution in [0.4, 0.5) is 5.69 Å². The van der Waals surface area contributed by atoms with Gasteiger partial charge in [0.1, 0.15) is 22.2 Å². The molecule has 9 nitrogen and oxygen atoms in total. The Bertz CT molecular complexity index is 1070. The molecule has 0 unspecified atom stereocenters. The van der Waals surface area contributed by atoms with Crippen LogP contribution in [0, 0.1) is 13.8 Å². The fourth-order valence-electron chi connectivity index (χ4n) is 3.52. The second-order valence-electron chi connectivity index (χ2n) is 7.39. The van der Waals surface area contributed by atoms with Crippen molar-refractivity contribution in [2.75, 3.05) is 32.1 Å². The second kappa shape index (κ2) is 9.52.